The quantitative estimate of drug-likeness (QED) is 0.740. The van der Waals surface area contributed by atoms with Crippen molar-refractivity contribution in [2.24, 2.45) is 0 Å². The molecule has 0 aliphatic carbocycles. The number of benzene rings is 2. The van der Waals surface area contributed by atoms with Crippen LogP contribution in [0, 0.1) is 0 Å². The molecule has 4 nitrogen and oxygen atoms in total. The molecular weight excluding hydrogens is 332 g/mol. The number of carbonyl (C=O) groups excluding carboxylic acids is 2. The van der Waals surface area contributed by atoms with E-state index in [2.05, 4.69) is 17.4 Å². The van der Waals surface area contributed by atoms with E-state index in [4.69, 9.17) is 0 Å². The van der Waals surface area contributed by atoms with Crippen molar-refractivity contribution in [3.8, 4) is 0 Å². The van der Waals surface area contributed by atoms with Crippen LogP contribution in [0.25, 0.3) is 0 Å². The molecule has 0 atom stereocenters. The zero-order chi connectivity index (χ0) is 18.1. The molecule has 132 valence electrons. The smallest absolute Gasteiger partial charge is 0.224 e. The normalized spacial score (nSPS) is 10.3. The molecule has 2 aromatic carbocycles. The first kappa shape index (κ1) is 19.1. The summed E-state index contributed by atoms with van der Waals surface area (Å²) in [5, 5.41) is 2.81. The van der Waals surface area contributed by atoms with Crippen molar-refractivity contribution in [2.75, 3.05) is 19.8 Å². The Morgan fingerprint density at radius 2 is 1.68 bits per heavy atom. The molecule has 0 heterocycles. The molecule has 0 unspecified atom stereocenters. The van der Waals surface area contributed by atoms with Crippen molar-refractivity contribution in [3.05, 3.63) is 65.7 Å². The third kappa shape index (κ3) is 6.63. The highest BCUT2D eigenvalue weighted by atomic mass is 32.2. The molecule has 25 heavy (non-hydrogen) atoms. The molecule has 0 saturated heterocycles. The Morgan fingerprint density at radius 1 is 1.00 bits per heavy atom. The molecule has 0 aromatic heterocycles. The Labute approximate surface area is 153 Å². The fourth-order valence-corrected chi connectivity index (χ4v) is 2.84. The van der Waals surface area contributed by atoms with Gasteiger partial charge in [0.1, 0.15) is 0 Å². The Morgan fingerprint density at radius 3 is 2.32 bits per heavy atom. The molecule has 1 N–H and O–H groups in total. The summed E-state index contributed by atoms with van der Waals surface area (Å²) in [5.74, 6) is -0.0386. The molecule has 2 rings (SSSR count). The minimum Gasteiger partial charge on any atom is -0.355 e. The van der Waals surface area contributed by atoms with Gasteiger partial charge in [-0.2, -0.15) is 0 Å². The van der Waals surface area contributed by atoms with Crippen LogP contribution < -0.4 is 5.32 Å². The van der Waals surface area contributed by atoms with E-state index in [1.807, 2.05) is 48.7 Å². The number of amides is 2. The van der Waals surface area contributed by atoms with E-state index < -0.39 is 0 Å². The number of rotatable bonds is 8. The third-order valence-corrected chi connectivity index (χ3v) is 4.62. The standard InChI is InChI=1S/C20H24N2O2S/c1-22(15-17-8-10-18(25-2)11-9-17)20(24)12-13-21-19(23)14-16-6-4-3-5-7-16/h3-11H,12-15H2,1-2H3,(H,21,23). The van der Waals surface area contributed by atoms with Gasteiger partial charge in [0.05, 0.1) is 6.42 Å². The van der Waals surface area contributed by atoms with Gasteiger partial charge < -0.3 is 10.2 Å². The number of thioether (sulfide) groups is 1. The minimum atomic E-state index is -0.0608. The van der Waals surface area contributed by atoms with Crippen molar-refractivity contribution < 1.29 is 9.59 Å². The number of hydrogen-bond acceptors (Lipinski definition) is 3. The summed E-state index contributed by atoms with van der Waals surface area (Å²) < 4.78 is 0. The fraction of sp³-hybridized carbons (Fsp3) is 0.300. The van der Waals surface area contributed by atoms with E-state index in [9.17, 15) is 9.59 Å². The van der Waals surface area contributed by atoms with Gasteiger partial charge in [0.25, 0.3) is 0 Å². The first-order valence-electron chi connectivity index (χ1n) is 8.26. The second-order valence-corrected chi connectivity index (χ2v) is 6.74. The van der Waals surface area contributed by atoms with Crippen LogP contribution in [0.3, 0.4) is 0 Å². The molecular formula is C20H24N2O2S. The van der Waals surface area contributed by atoms with Gasteiger partial charge in [0.15, 0.2) is 0 Å². The maximum Gasteiger partial charge on any atom is 0.224 e. The molecule has 0 fully saturated rings. The van der Waals surface area contributed by atoms with E-state index in [1.165, 1.54) is 4.90 Å². The van der Waals surface area contributed by atoms with Gasteiger partial charge in [-0.3, -0.25) is 9.59 Å². The summed E-state index contributed by atoms with van der Waals surface area (Å²) in [6.45, 7) is 0.936. The van der Waals surface area contributed by atoms with Crippen LogP contribution in [0.15, 0.2) is 59.5 Å². The summed E-state index contributed by atoms with van der Waals surface area (Å²) in [7, 11) is 1.79. The average molecular weight is 356 g/mol. The van der Waals surface area contributed by atoms with Gasteiger partial charge in [-0.1, -0.05) is 42.5 Å². The number of hydrogen-bond donors (Lipinski definition) is 1. The minimum absolute atomic E-state index is 0.0222. The number of nitrogens with zero attached hydrogens (tertiary/aromatic N) is 1. The number of carbonyl (C=O) groups is 2. The molecule has 2 amide bonds. The Bertz CT molecular complexity index is 687. The lowest BCUT2D eigenvalue weighted by Gasteiger charge is -2.17. The molecule has 0 bridgehead atoms. The molecule has 2 aromatic rings. The maximum absolute atomic E-state index is 12.2. The van der Waals surface area contributed by atoms with Gasteiger partial charge >= 0.3 is 0 Å². The molecule has 5 heteroatoms. The van der Waals surface area contributed by atoms with E-state index in [1.54, 1.807) is 23.7 Å². The highest BCUT2D eigenvalue weighted by Crippen LogP contribution is 2.15. The van der Waals surface area contributed by atoms with Crippen LogP contribution in [-0.4, -0.2) is 36.6 Å². The van der Waals surface area contributed by atoms with Crippen LogP contribution in [0.1, 0.15) is 17.5 Å². The van der Waals surface area contributed by atoms with E-state index in [-0.39, 0.29) is 11.8 Å². The van der Waals surface area contributed by atoms with Crippen molar-refractivity contribution in [3.63, 3.8) is 0 Å². The van der Waals surface area contributed by atoms with Gasteiger partial charge in [0, 0.05) is 31.5 Å². The van der Waals surface area contributed by atoms with Crippen LogP contribution in [0.5, 0.6) is 0 Å². The van der Waals surface area contributed by atoms with E-state index >= 15 is 0 Å². The summed E-state index contributed by atoms with van der Waals surface area (Å²) in [5.41, 5.74) is 2.07. The SMILES string of the molecule is CSc1ccc(CN(C)C(=O)CCNC(=O)Cc2ccccc2)cc1. The summed E-state index contributed by atoms with van der Waals surface area (Å²) in [4.78, 5) is 27.0. The van der Waals surface area contributed by atoms with Crippen molar-refractivity contribution in [2.45, 2.75) is 24.3 Å². The lowest BCUT2D eigenvalue weighted by atomic mass is 10.1. The summed E-state index contributed by atoms with van der Waals surface area (Å²) in [6.07, 6.45) is 2.68. The highest BCUT2D eigenvalue weighted by molar-refractivity contribution is 7.98. The van der Waals surface area contributed by atoms with Crippen LogP contribution in [0.4, 0.5) is 0 Å². The highest BCUT2D eigenvalue weighted by Gasteiger charge is 2.10. The van der Waals surface area contributed by atoms with Gasteiger partial charge in [-0.25, -0.2) is 0 Å². The predicted octanol–water partition coefficient (Wildman–Crippen LogP) is 3.12. The maximum atomic E-state index is 12.2. The summed E-state index contributed by atoms with van der Waals surface area (Å²) in [6, 6.07) is 17.8. The third-order valence-electron chi connectivity index (χ3n) is 3.87. The molecule has 0 aliphatic heterocycles. The Hall–Kier alpha value is -2.27. The monoisotopic (exact) mass is 356 g/mol. The fourth-order valence-electron chi connectivity index (χ4n) is 2.44. The predicted molar refractivity (Wildman–Crippen MR) is 102 cm³/mol. The lowest BCUT2D eigenvalue weighted by molar-refractivity contribution is -0.130. The van der Waals surface area contributed by atoms with Crippen LogP contribution in [0.2, 0.25) is 0 Å². The largest absolute Gasteiger partial charge is 0.355 e. The first-order chi connectivity index (χ1) is 12.1. The molecule has 0 spiro atoms. The van der Waals surface area contributed by atoms with Crippen LogP contribution in [-0.2, 0) is 22.6 Å². The molecule has 0 saturated carbocycles. The second kappa shape index (κ2) is 9.89. The van der Waals surface area contributed by atoms with Crippen molar-refractivity contribution in [1.82, 2.24) is 10.2 Å². The zero-order valence-corrected chi connectivity index (χ0v) is 15.5. The Kier molecular flexibility index (Phi) is 7.54. The van der Waals surface area contributed by atoms with E-state index in [0.29, 0.717) is 25.9 Å². The second-order valence-electron chi connectivity index (χ2n) is 5.86. The Balaban J connectivity index is 1.70. The van der Waals surface area contributed by atoms with Gasteiger partial charge in [0.2, 0.25) is 11.8 Å². The van der Waals surface area contributed by atoms with Gasteiger partial charge in [-0.15, -0.1) is 11.8 Å². The molecule has 0 radical (unpaired) electrons. The van der Waals surface area contributed by atoms with Crippen molar-refractivity contribution >= 4 is 23.6 Å². The molecule has 0 aliphatic rings. The first-order valence-corrected chi connectivity index (χ1v) is 9.48. The van der Waals surface area contributed by atoms with Crippen LogP contribution >= 0.6 is 11.8 Å². The summed E-state index contributed by atoms with van der Waals surface area (Å²) >= 11 is 1.70. The topological polar surface area (TPSA) is 49.4 Å². The zero-order valence-electron chi connectivity index (χ0n) is 14.7. The average Bonchev–Trinajstić information content (AvgIpc) is 2.63. The van der Waals surface area contributed by atoms with Crippen molar-refractivity contribution in [1.29, 1.82) is 0 Å². The lowest BCUT2D eigenvalue weighted by Crippen LogP contribution is -2.32. The van der Waals surface area contributed by atoms with Gasteiger partial charge in [-0.05, 0) is 29.5 Å². The van der Waals surface area contributed by atoms with E-state index in [0.717, 1.165) is 11.1 Å². The number of nitrogens with one attached hydrogen (secondary N) is 1.